The average Bonchev–Trinajstić information content (AvgIpc) is 2.68. The number of hydrogen-bond donors (Lipinski definition) is 1. The summed E-state index contributed by atoms with van der Waals surface area (Å²) in [5.41, 5.74) is 1.29. The van der Waals surface area contributed by atoms with Crippen LogP contribution in [0.25, 0.3) is 0 Å². The maximum atomic E-state index is 12.6. The van der Waals surface area contributed by atoms with Crippen LogP contribution >= 0.6 is 0 Å². The Balaban J connectivity index is 1.68. The van der Waals surface area contributed by atoms with Gasteiger partial charge in [0.15, 0.2) is 0 Å². The lowest BCUT2D eigenvalue weighted by molar-refractivity contribution is -0.136. The van der Waals surface area contributed by atoms with E-state index in [1.54, 1.807) is 9.80 Å². The number of nitrogens with zero attached hydrogens (tertiary/aromatic N) is 3. The van der Waals surface area contributed by atoms with Gasteiger partial charge in [0.05, 0.1) is 17.8 Å². The van der Waals surface area contributed by atoms with Gasteiger partial charge in [0.1, 0.15) is 12.4 Å². The molecule has 27 heavy (non-hydrogen) atoms. The topological polar surface area (TPSA) is 95.6 Å². The first kappa shape index (κ1) is 19.5. The zero-order chi connectivity index (χ0) is 19.4. The third kappa shape index (κ3) is 4.37. The molecule has 1 saturated heterocycles. The van der Waals surface area contributed by atoms with Crippen LogP contribution in [0.5, 0.6) is 0 Å². The quantitative estimate of drug-likeness (QED) is 0.820. The second-order valence-electron chi connectivity index (χ2n) is 7.28. The van der Waals surface area contributed by atoms with E-state index in [9.17, 15) is 14.4 Å². The number of carbonyl (C=O) groups is 2. The highest BCUT2D eigenvalue weighted by molar-refractivity contribution is 5.77. The Labute approximate surface area is 158 Å². The van der Waals surface area contributed by atoms with E-state index in [0.29, 0.717) is 50.4 Å². The molecule has 0 unspecified atom stereocenters. The molecule has 0 radical (unpaired) electrons. The molecule has 3 heterocycles. The van der Waals surface area contributed by atoms with Gasteiger partial charge in [0.25, 0.3) is 5.56 Å². The summed E-state index contributed by atoms with van der Waals surface area (Å²) in [6, 6.07) is 0. The fraction of sp³-hybridized carbons (Fsp3) is 0.684. The monoisotopic (exact) mass is 376 g/mol. The highest BCUT2D eigenvalue weighted by atomic mass is 16.5. The summed E-state index contributed by atoms with van der Waals surface area (Å²) in [7, 11) is 1.52. The second-order valence-corrected chi connectivity index (χ2v) is 7.28. The number of piperidine rings is 1. The number of nitrogens with one attached hydrogen (secondary N) is 1. The van der Waals surface area contributed by atoms with Gasteiger partial charge in [-0.05, 0) is 19.3 Å². The number of aromatic amines is 1. The minimum absolute atomic E-state index is 0.000295. The SMILES string of the molecule is CCCC(=O)N1CCc2nc(C3CCN(C(=O)COC)CC3)[nH]c(=O)c2C1. The van der Waals surface area contributed by atoms with Crippen molar-refractivity contribution in [1.82, 2.24) is 19.8 Å². The van der Waals surface area contributed by atoms with Crippen LogP contribution < -0.4 is 5.56 Å². The van der Waals surface area contributed by atoms with Crippen LogP contribution in [0.4, 0.5) is 0 Å². The van der Waals surface area contributed by atoms with Crippen LogP contribution in [0.1, 0.15) is 55.6 Å². The largest absolute Gasteiger partial charge is 0.375 e. The number of amides is 2. The van der Waals surface area contributed by atoms with Crippen LogP contribution in [0, 0.1) is 0 Å². The van der Waals surface area contributed by atoms with Gasteiger partial charge >= 0.3 is 0 Å². The van der Waals surface area contributed by atoms with E-state index < -0.39 is 0 Å². The van der Waals surface area contributed by atoms with E-state index in [4.69, 9.17) is 9.72 Å². The molecule has 0 spiro atoms. The Morgan fingerprint density at radius 2 is 1.93 bits per heavy atom. The van der Waals surface area contributed by atoms with Crippen molar-refractivity contribution in [3.8, 4) is 0 Å². The number of hydrogen-bond acceptors (Lipinski definition) is 5. The summed E-state index contributed by atoms with van der Waals surface area (Å²) in [4.78, 5) is 47.8. The molecule has 1 aromatic rings. The molecule has 8 nitrogen and oxygen atoms in total. The van der Waals surface area contributed by atoms with E-state index in [1.165, 1.54) is 7.11 Å². The van der Waals surface area contributed by atoms with Gasteiger partial charge in [-0.1, -0.05) is 6.92 Å². The van der Waals surface area contributed by atoms with Crippen LogP contribution in [-0.2, 0) is 27.3 Å². The molecule has 0 aromatic carbocycles. The van der Waals surface area contributed by atoms with Gasteiger partial charge in [-0.25, -0.2) is 4.98 Å². The van der Waals surface area contributed by atoms with Gasteiger partial charge in [-0.3, -0.25) is 14.4 Å². The highest BCUT2D eigenvalue weighted by Gasteiger charge is 2.28. The fourth-order valence-electron chi connectivity index (χ4n) is 3.84. The minimum Gasteiger partial charge on any atom is -0.375 e. The molecule has 1 aromatic heterocycles. The molecule has 2 aliphatic rings. The smallest absolute Gasteiger partial charge is 0.256 e. The molecule has 148 valence electrons. The lowest BCUT2D eigenvalue weighted by atomic mass is 9.95. The summed E-state index contributed by atoms with van der Waals surface area (Å²) in [5, 5.41) is 0. The van der Waals surface area contributed by atoms with Crippen LogP contribution in [0.3, 0.4) is 0 Å². The third-order valence-corrected chi connectivity index (χ3v) is 5.41. The van der Waals surface area contributed by atoms with Gasteiger partial charge < -0.3 is 19.5 Å². The van der Waals surface area contributed by atoms with E-state index in [-0.39, 0.29) is 29.9 Å². The Kier molecular flexibility index (Phi) is 6.26. The number of fused-ring (bicyclic) bond motifs is 1. The Morgan fingerprint density at radius 1 is 1.19 bits per heavy atom. The summed E-state index contributed by atoms with van der Waals surface area (Å²) in [6.07, 6.45) is 3.49. The lowest BCUT2D eigenvalue weighted by Gasteiger charge is -2.32. The summed E-state index contributed by atoms with van der Waals surface area (Å²) in [5.74, 6) is 0.958. The molecule has 1 fully saturated rings. The molecular weight excluding hydrogens is 348 g/mol. The summed E-state index contributed by atoms with van der Waals surface area (Å²) < 4.78 is 4.91. The lowest BCUT2D eigenvalue weighted by Crippen LogP contribution is -2.41. The molecular formula is C19H28N4O4. The van der Waals surface area contributed by atoms with Gasteiger partial charge in [-0.2, -0.15) is 0 Å². The molecule has 0 aliphatic carbocycles. The van der Waals surface area contributed by atoms with Crippen molar-refractivity contribution in [3.63, 3.8) is 0 Å². The van der Waals surface area contributed by atoms with E-state index in [0.717, 1.165) is 25.0 Å². The normalized spacial score (nSPS) is 17.7. The molecule has 0 bridgehead atoms. The van der Waals surface area contributed by atoms with E-state index in [2.05, 4.69) is 4.98 Å². The van der Waals surface area contributed by atoms with Crippen molar-refractivity contribution in [2.75, 3.05) is 33.4 Å². The number of H-pyrrole nitrogens is 1. The van der Waals surface area contributed by atoms with E-state index in [1.807, 2.05) is 6.92 Å². The molecule has 8 heteroatoms. The average molecular weight is 376 g/mol. The van der Waals surface area contributed by atoms with Crippen molar-refractivity contribution in [2.24, 2.45) is 0 Å². The van der Waals surface area contributed by atoms with Crippen LogP contribution in [0.15, 0.2) is 4.79 Å². The number of ether oxygens (including phenoxy) is 1. The predicted octanol–water partition coefficient (Wildman–Crippen LogP) is 0.807. The first-order valence-corrected chi connectivity index (χ1v) is 9.70. The Hall–Kier alpha value is -2.22. The Bertz CT molecular complexity index is 753. The van der Waals surface area contributed by atoms with E-state index >= 15 is 0 Å². The number of likely N-dealkylation sites (tertiary alicyclic amines) is 1. The molecule has 1 N–H and O–H groups in total. The van der Waals surface area contributed by atoms with Crippen molar-refractivity contribution >= 4 is 11.8 Å². The van der Waals surface area contributed by atoms with Crippen LogP contribution in [0.2, 0.25) is 0 Å². The van der Waals surface area contributed by atoms with Crippen molar-refractivity contribution in [3.05, 3.63) is 27.4 Å². The van der Waals surface area contributed by atoms with Gasteiger partial charge in [0, 0.05) is 45.5 Å². The minimum atomic E-state index is -0.137. The maximum Gasteiger partial charge on any atom is 0.256 e. The highest BCUT2D eigenvalue weighted by Crippen LogP contribution is 2.26. The zero-order valence-corrected chi connectivity index (χ0v) is 16.1. The molecule has 3 rings (SSSR count). The molecule has 2 amide bonds. The molecule has 0 saturated carbocycles. The maximum absolute atomic E-state index is 12.6. The first-order valence-electron chi connectivity index (χ1n) is 9.70. The number of carbonyl (C=O) groups excluding carboxylic acids is 2. The van der Waals surface area contributed by atoms with Crippen molar-refractivity contribution < 1.29 is 14.3 Å². The number of aromatic nitrogens is 2. The predicted molar refractivity (Wildman–Crippen MR) is 99.3 cm³/mol. The van der Waals surface area contributed by atoms with Crippen molar-refractivity contribution in [1.29, 1.82) is 0 Å². The number of rotatable bonds is 5. The zero-order valence-electron chi connectivity index (χ0n) is 16.1. The first-order chi connectivity index (χ1) is 13.0. The standard InChI is InChI=1S/C19H28N4O4/c1-3-4-16(24)23-10-7-15-14(11-23)19(26)21-18(20-15)13-5-8-22(9-6-13)17(25)12-27-2/h13H,3-12H2,1-2H3,(H,20,21,26). The van der Waals surface area contributed by atoms with Crippen LogP contribution in [-0.4, -0.2) is 64.9 Å². The Morgan fingerprint density at radius 3 is 2.59 bits per heavy atom. The third-order valence-electron chi connectivity index (χ3n) is 5.41. The summed E-state index contributed by atoms with van der Waals surface area (Å²) in [6.45, 7) is 4.34. The van der Waals surface area contributed by atoms with Crippen molar-refractivity contribution in [2.45, 2.75) is 51.5 Å². The fourth-order valence-corrected chi connectivity index (χ4v) is 3.84. The van der Waals surface area contributed by atoms with Gasteiger partial charge in [-0.15, -0.1) is 0 Å². The molecule has 2 aliphatic heterocycles. The van der Waals surface area contributed by atoms with Gasteiger partial charge in [0.2, 0.25) is 11.8 Å². The second kappa shape index (κ2) is 8.65. The number of methoxy groups -OCH3 is 1. The summed E-state index contributed by atoms with van der Waals surface area (Å²) >= 11 is 0. The molecule has 0 atom stereocenters.